The van der Waals surface area contributed by atoms with Gasteiger partial charge in [0.25, 0.3) is 0 Å². The van der Waals surface area contributed by atoms with Crippen LogP contribution >= 0.6 is 0 Å². The Labute approximate surface area is 91.8 Å². The van der Waals surface area contributed by atoms with E-state index in [1.165, 1.54) is 5.69 Å². The second kappa shape index (κ2) is 5.03. The van der Waals surface area contributed by atoms with Crippen molar-refractivity contribution in [2.75, 3.05) is 25.6 Å². The van der Waals surface area contributed by atoms with Crippen LogP contribution in [0.4, 0.5) is 5.69 Å². The highest BCUT2D eigenvalue weighted by Gasteiger charge is 2.09. The third kappa shape index (κ3) is 2.63. The maximum Gasteiger partial charge on any atom is 0.121 e. The second-order valence-electron chi connectivity index (χ2n) is 3.85. The molecule has 84 valence electrons. The number of anilines is 1. The van der Waals surface area contributed by atoms with Gasteiger partial charge >= 0.3 is 0 Å². The van der Waals surface area contributed by atoms with E-state index in [1.54, 1.807) is 7.11 Å². The molecule has 3 heteroatoms. The summed E-state index contributed by atoms with van der Waals surface area (Å²) in [6, 6.07) is 6.51. The van der Waals surface area contributed by atoms with Gasteiger partial charge in [0.15, 0.2) is 0 Å². The Bertz CT molecular complexity index is 325. The van der Waals surface area contributed by atoms with E-state index in [9.17, 15) is 0 Å². The lowest BCUT2D eigenvalue weighted by Crippen LogP contribution is -2.35. The smallest absolute Gasteiger partial charge is 0.121 e. The Balaban J connectivity index is 2.92. The molecule has 3 nitrogen and oxygen atoms in total. The Hall–Kier alpha value is -1.22. The number of hydrogen-bond donors (Lipinski definition) is 1. The highest BCUT2D eigenvalue weighted by atomic mass is 16.5. The zero-order valence-corrected chi connectivity index (χ0v) is 9.95. The van der Waals surface area contributed by atoms with Crippen LogP contribution in [0.5, 0.6) is 5.75 Å². The molecular formula is C12H20N2O. The number of benzene rings is 1. The van der Waals surface area contributed by atoms with E-state index >= 15 is 0 Å². The zero-order chi connectivity index (χ0) is 11.4. The number of aryl methyl sites for hydroxylation is 1. The summed E-state index contributed by atoms with van der Waals surface area (Å²) in [6.07, 6.45) is 0. The van der Waals surface area contributed by atoms with Gasteiger partial charge < -0.3 is 15.4 Å². The molecule has 1 atom stereocenters. The Morgan fingerprint density at radius 2 is 2.13 bits per heavy atom. The van der Waals surface area contributed by atoms with Crippen LogP contribution in [-0.4, -0.2) is 26.7 Å². The summed E-state index contributed by atoms with van der Waals surface area (Å²) < 4.78 is 5.22. The molecule has 0 aliphatic heterocycles. The maximum atomic E-state index is 5.64. The molecule has 15 heavy (non-hydrogen) atoms. The van der Waals surface area contributed by atoms with Crippen molar-refractivity contribution in [1.82, 2.24) is 0 Å². The largest absolute Gasteiger partial charge is 0.496 e. The SMILES string of the molecule is COc1ccc(N(C)C(C)CN)cc1C. The van der Waals surface area contributed by atoms with Gasteiger partial charge in [-0.1, -0.05) is 0 Å². The fourth-order valence-corrected chi connectivity index (χ4v) is 1.49. The van der Waals surface area contributed by atoms with E-state index in [4.69, 9.17) is 10.5 Å². The lowest BCUT2D eigenvalue weighted by molar-refractivity contribution is 0.411. The van der Waals surface area contributed by atoms with Gasteiger partial charge in [-0.3, -0.25) is 0 Å². The van der Waals surface area contributed by atoms with Gasteiger partial charge in [-0.05, 0) is 37.6 Å². The summed E-state index contributed by atoms with van der Waals surface area (Å²) in [6.45, 7) is 4.81. The first kappa shape index (κ1) is 11.9. The second-order valence-corrected chi connectivity index (χ2v) is 3.85. The highest BCUT2D eigenvalue weighted by molar-refractivity contribution is 5.52. The van der Waals surface area contributed by atoms with Gasteiger partial charge in [0, 0.05) is 25.3 Å². The molecule has 0 spiro atoms. The molecule has 1 aromatic rings. The molecule has 0 aliphatic carbocycles. The number of nitrogens with zero attached hydrogens (tertiary/aromatic N) is 1. The van der Waals surface area contributed by atoms with Gasteiger partial charge in [-0.25, -0.2) is 0 Å². The van der Waals surface area contributed by atoms with Crippen molar-refractivity contribution in [2.45, 2.75) is 19.9 Å². The van der Waals surface area contributed by atoms with E-state index in [1.807, 2.05) is 13.0 Å². The van der Waals surface area contributed by atoms with Gasteiger partial charge in [0.05, 0.1) is 7.11 Å². The number of hydrogen-bond acceptors (Lipinski definition) is 3. The summed E-state index contributed by atoms with van der Waals surface area (Å²) in [5.41, 5.74) is 7.96. The van der Waals surface area contributed by atoms with E-state index in [-0.39, 0.29) is 0 Å². The van der Waals surface area contributed by atoms with Crippen molar-refractivity contribution >= 4 is 5.69 Å². The van der Waals surface area contributed by atoms with Crippen molar-refractivity contribution in [1.29, 1.82) is 0 Å². The third-order valence-electron chi connectivity index (χ3n) is 2.79. The fourth-order valence-electron chi connectivity index (χ4n) is 1.49. The lowest BCUT2D eigenvalue weighted by atomic mass is 10.1. The minimum atomic E-state index is 0.345. The first-order chi connectivity index (χ1) is 7.10. The number of methoxy groups -OCH3 is 1. The highest BCUT2D eigenvalue weighted by Crippen LogP contribution is 2.24. The van der Waals surface area contributed by atoms with Crippen LogP contribution in [0.3, 0.4) is 0 Å². The molecule has 2 N–H and O–H groups in total. The van der Waals surface area contributed by atoms with Crippen molar-refractivity contribution in [2.24, 2.45) is 5.73 Å². The number of rotatable bonds is 4. The molecule has 0 saturated heterocycles. The van der Waals surface area contributed by atoms with E-state index < -0.39 is 0 Å². The van der Waals surface area contributed by atoms with Gasteiger partial charge in [-0.2, -0.15) is 0 Å². The first-order valence-electron chi connectivity index (χ1n) is 5.17. The summed E-state index contributed by atoms with van der Waals surface area (Å²) >= 11 is 0. The molecular weight excluding hydrogens is 188 g/mol. The number of ether oxygens (including phenoxy) is 1. The summed E-state index contributed by atoms with van der Waals surface area (Å²) in [5.74, 6) is 0.924. The summed E-state index contributed by atoms with van der Waals surface area (Å²) in [5, 5.41) is 0. The predicted octanol–water partition coefficient (Wildman–Crippen LogP) is 1.79. The van der Waals surface area contributed by atoms with Gasteiger partial charge in [0.1, 0.15) is 5.75 Å². The van der Waals surface area contributed by atoms with Crippen molar-refractivity contribution in [3.05, 3.63) is 23.8 Å². The monoisotopic (exact) mass is 208 g/mol. The molecule has 0 heterocycles. The average Bonchev–Trinajstić information content (AvgIpc) is 2.26. The number of nitrogens with two attached hydrogens (primary N) is 1. The molecule has 0 saturated carbocycles. The predicted molar refractivity (Wildman–Crippen MR) is 64.7 cm³/mol. The topological polar surface area (TPSA) is 38.5 Å². The molecule has 1 aromatic carbocycles. The first-order valence-corrected chi connectivity index (χ1v) is 5.17. The quantitative estimate of drug-likeness (QED) is 0.819. The Kier molecular flexibility index (Phi) is 3.97. The van der Waals surface area contributed by atoms with E-state index in [2.05, 4.69) is 31.0 Å². The van der Waals surface area contributed by atoms with Crippen LogP contribution in [0.1, 0.15) is 12.5 Å². The lowest BCUT2D eigenvalue weighted by Gasteiger charge is -2.26. The molecule has 0 fully saturated rings. The minimum absolute atomic E-state index is 0.345. The molecule has 1 rings (SSSR count). The van der Waals surface area contributed by atoms with E-state index in [0.717, 1.165) is 11.3 Å². The van der Waals surface area contributed by atoms with Crippen LogP contribution in [0.15, 0.2) is 18.2 Å². The van der Waals surface area contributed by atoms with Gasteiger partial charge in [-0.15, -0.1) is 0 Å². The van der Waals surface area contributed by atoms with E-state index in [0.29, 0.717) is 12.6 Å². The van der Waals surface area contributed by atoms with Crippen LogP contribution in [0.25, 0.3) is 0 Å². The van der Waals surface area contributed by atoms with Crippen molar-refractivity contribution in [3.8, 4) is 5.75 Å². The molecule has 0 amide bonds. The Morgan fingerprint density at radius 1 is 1.47 bits per heavy atom. The van der Waals surface area contributed by atoms with Crippen molar-refractivity contribution in [3.63, 3.8) is 0 Å². The Morgan fingerprint density at radius 3 is 2.60 bits per heavy atom. The van der Waals surface area contributed by atoms with Crippen LogP contribution in [0.2, 0.25) is 0 Å². The molecule has 1 unspecified atom stereocenters. The molecule has 0 aromatic heterocycles. The van der Waals surface area contributed by atoms with Crippen LogP contribution in [0, 0.1) is 6.92 Å². The summed E-state index contributed by atoms with van der Waals surface area (Å²) in [7, 11) is 3.74. The van der Waals surface area contributed by atoms with Crippen LogP contribution in [-0.2, 0) is 0 Å². The van der Waals surface area contributed by atoms with Crippen molar-refractivity contribution < 1.29 is 4.74 Å². The molecule has 0 bridgehead atoms. The molecule has 0 aliphatic rings. The summed E-state index contributed by atoms with van der Waals surface area (Å²) in [4.78, 5) is 2.17. The van der Waals surface area contributed by atoms with Gasteiger partial charge in [0.2, 0.25) is 0 Å². The number of likely N-dealkylation sites (N-methyl/N-ethyl adjacent to an activating group) is 1. The molecule has 0 radical (unpaired) electrons. The third-order valence-corrected chi connectivity index (χ3v) is 2.79. The normalized spacial score (nSPS) is 12.3. The van der Waals surface area contributed by atoms with Crippen LogP contribution < -0.4 is 15.4 Å². The standard InChI is InChI=1S/C12H20N2O/c1-9-7-11(5-6-12(9)15-4)14(3)10(2)8-13/h5-7,10H,8,13H2,1-4H3. The average molecular weight is 208 g/mol. The fraction of sp³-hybridized carbons (Fsp3) is 0.500. The minimum Gasteiger partial charge on any atom is -0.496 e. The zero-order valence-electron chi connectivity index (χ0n) is 9.95. The maximum absolute atomic E-state index is 5.64.